The number of carbonyl (C=O) groups is 1. The minimum absolute atomic E-state index is 0.544. The number of nitro groups is 1. The third kappa shape index (κ3) is 2.50. The maximum atomic E-state index is 12.6. The number of carbonyl (C=O) groups excluding carboxylic acids is 1. The van der Waals surface area contributed by atoms with Crippen molar-refractivity contribution in [2.24, 2.45) is 0 Å². The van der Waals surface area contributed by atoms with E-state index >= 15 is 0 Å². The molecule has 98 valence electrons. The van der Waals surface area contributed by atoms with E-state index in [2.05, 4.69) is 14.5 Å². The SMILES string of the molecule is COC(=O)c1nc(OC)c(C(F)F)cc1[N+](=O)[O-]. The highest BCUT2D eigenvalue weighted by Gasteiger charge is 2.29. The Morgan fingerprint density at radius 1 is 1.50 bits per heavy atom. The first kappa shape index (κ1) is 13.7. The third-order valence-electron chi connectivity index (χ3n) is 2.00. The number of esters is 1. The third-order valence-corrected chi connectivity index (χ3v) is 2.00. The highest BCUT2D eigenvalue weighted by Crippen LogP contribution is 2.32. The number of halogens is 2. The van der Waals surface area contributed by atoms with Crippen molar-refractivity contribution in [3.05, 3.63) is 27.4 Å². The van der Waals surface area contributed by atoms with Crippen LogP contribution in [-0.4, -0.2) is 30.1 Å². The summed E-state index contributed by atoms with van der Waals surface area (Å²) < 4.78 is 34.1. The lowest BCUT2D eigenvalue weighted by atomic mass is 10.2. The van der Waals surface area contributed by atoms with Crippen LogP contribution < -0.4 is 4.74 Å². The average molecular weight is 262 g/mol. The molecule has 0 amide bonds. The molecule has 1 rings (SSSR count). The van der Waals surface area contributed by atoms with E-state index in [4.69, 9.17) is 0 Å². The number of rotatable bonds is 4. The normalized spacial score (nSPS) is 10.3. The first-order valence-electron chi connectivity index (χ1n) is 4.52. The summed E-state index contributed by atoms with van der Waals surface area (Å²) in [6.07, 6.45) is -3.02. The Balaban J connectivity index is 3.51. The molecule has 0 unspecified atom stereocenters. The summed E-state index contributed by atoms with van der Waals surface area (Å²) in [5.41, 5.74) is -2.32. The molecule has 18 heavy (non-hydrogen) atoms. The van der Waals surface area contributed by atoms with Crippen LogP contribution in [-0.2, 0) is 4.74 Å². The van der Waals surface area contributed by atoms with Crippen molar-refractivity contribution in [3.8, 4) is 5.88 Å². The molecule has 1 aromatic rings. The number of hydrogen-bond acceptors (Lipinski definition) is 6. The van der Waals surface area contributed by atoms with Gasteiger partial charge < -0.3 is 9.47 Å². The Kier molecular flexibility index (Phi) is 4.08. The Morgan fingerprint density at radius 3 is 2.50 bits per heavy atom. The van der Waals surface area contributed by atoms with Crippen LogP contribution in [0.5, 0.6) is 5.88 Å². The molecule has 0 aromatic carbocycles. The highest BCUT2D eigenvalue weighted by atomic mass is 19.3. The van der Waals surface area contributed by atoms with Crippen LogP contribution >= 0.6 is 0 Å². The Hall–Kier alpha value is -2.32. The zero-order valence-corrected chi connectivity index (χ0v) is 9.35. The number of methoxy groups -OCH3 is 2. The second kappa shape index (κ2) is 5.34. The van der Waals surface area contributed by atoms with Crippen molar-refractivity contribution in [2.45, 2.75) is 6.43 Å². The largest absolute Gasteiger partial charge is 0.481 e. The summed E-state index contributed by atoms with van der Waals surface area (Å²) in [6.45, 7) is 0. The van der Waals surface area contributed by atoms with Crippen LogP contribution in [0.4, 0.5) is 14.5 Å². The van der Waals surface area contributed by atoms with Crippen LogP contribution in [0.2, 0.25) is 0 Å². The van der Waals surface area contributed by atoms with Crippen molar-refractivity contribution in [1.82, 2.24) is 4.98 Å². The van der Waals surface area contributed by atoms with Gasteiger partial charge in [-0.05, 0) is 0 Å². The zero-order valence-electron chi connectivity index (χ0n) is 9.35. The number of nitrogens with zero attached hydrogens (tertiary/aromatic N) is 2. The smallest absolute Gasteiger partial charge is 0.364 e. The number of ether oxygens (including phenoxy) is 2. The molecule has 0 aliphatic carbocycles. The Bertz CT molecular complexity index is 492. The molecule has 9 heteroatoms. The van der Waals surface area contributed by atoms with E-state index in [9.17, 15) is 23.7 Å². The highest BCUT2D eigenvalue weighted by molar-refractivity contribution is 5.92. The maximum Gasteiger partial charge on any atom is 0.364 e. The van der Waals surface area contributed by atoms with Gasteiger partial charge in [0.25, 0.3) is 6.43 Å². The van der Waals surface area contributed by atoms with Crippen molar-refractivity contribution in [2.75, 3.05) is 14.2 Å². The molecule has 0 aliphatic rings. The summed E-state index contributed by atoms with van der Waals surface area (Å²) in [7, 11) is 2.04. The Labute approximate surface area is 99.5 Å². The summed E-state index contributed by atoms with van der Waals surface area (Å²) in [5, 5.41) is 10.7. The van der Waals surface area contributed by atoms with Gasteiger partial charge in [0.15, 0.2) is 0 Å². The van der Waals surface area contributed by atoms with Crippen molar-refractivity contribution in [3.63, 3.8) is 0 Å². The molecule has 0 aliphatic heterocycles. The van der Waals surface area contributed by atoms with E-state index in [0.717, 1.165) is 14.2 Å². The van der Waals surface area contributed by atoms with E-state index in [1.54, 1.807) is 0 Å². The fourth-order valence-corrected chi connectivity index (χ4v) is 1.21. The van der Waals surface area contributed by atoms with Crippen LogP contribution in [0.3, 0.4) is 0 Å². The number of aromatic nitrogens is 1. The van der Waals surface area contributed by atoms with E-state index in [-0.39, 0.29) is 0 Å². The zero-order chi connectivity index (χ0) is 13.9. The molecule has 0 spiro atoms. The second-order valence-electron chi connectivity index (χ2n) is 3.00. The van der Waals surface area contributed by atoms with Crippen LogP contribution in [0.15, 0.2) is 6.07 Å². The molecule has 0 radical (unpaired) electrons. The van der Waals surface area contributed by atoms with Gasteiger partial charge in [-0.2, -0.15) is 4.98 Å². The lowest BCUT2D eigenvalue weighted by molar-refractivity contribution is -0.385. The van der Waals surface area contributed by atoms with Gasteiger partial charge in [-0.15, -0.1) is 0 Å². The van der Waals surface area contributed by atoms with E-state index in [0.29, 0.717) is 6.07 Å². The average Bonchev–Trinajstić information content (AvgIpc) is 2.35. The second-order valence-corrected chi connectivity index (χ2v) is 3.00. The summed E-state index contributed by atoms with van der Waals surface area (Å²) in [5.74, 6) is -1.67. The molecule has 0 saturated carbocycles. The molecule has 0 saturated heterocycles. The predicted octanol–water partition coefficient (Wildman–Crippen LogP) is 1.72. The summed E-state index contributed by atoms with van der Waals surface area (Å²) in [4.78, 5) is 24.3. The van der Waals surface area contributed by atoms with Crippen molar-refractivity contribution < 1.29 is 28.0 Å². The molecule has 7 nitrogen and oxygen atoms in total. The van der Waals surface area contributed by atoms with Crippen LogP contribution in [0.1, 0.15) is 22.5 Å². The molecule has 1 aromatic heterocycles. The van der Waals surface area contributed by atoms with Gasteiger partial charge in [0.2, 0.25) is 11.6 Å². The van der Waals surface area contributed by atoms with Crippen LogP contribution in [0, 0.1) is 10.1 Å². The van der Waals surface area contributed by atoms with Gasteiger partial charge in [-0.25, -0.2) is 13.6 Å². The molecule has 1 heterocycles. The quantitative estimate of drug-likeness (QED) is 0.466. The van der Waals surface area contributed by atoms with Crippen molar-refractivity contribution in [1.29, 1.82) is 0 Å². The monoisotopic (exact) mass is 262 g/mol. The van der Waals surface area contributed by atoms with Gasteiger partial charge in [0.1, 0.15) is 0 Å². The lowest BCUT2D eigenvalue weighted by Crippen LogP contribution is -2.11. The number of pyridine rings is 1. The van der Waals surface area contributed by atoms with Gasteiger partial charge in [0, 0.05) is 6.07 Å². The summed E-state index contributed by atoms with van der Waals surface area (Å²) in [6, 6.07) is 0.544. The van der Waals surface area contributed by atoms with Gasteiger partial charge >= 0.3 is 11.7 Å². The van der Waals surface area contributed by atoms with E-state index in [1.807, 2.05) is 0 Å². The van der Waals surface area contributed by atoms with Gasteiger partial charge in [0.05, 0.1) is 24.7 Å². The molecule has 0 fully saturated rings. The Morgan fingerprint density at radius 2 is 2.11 bits per heavy atom. The van der Waals surface area contributed by atoms with Crippen LogP contribution in [0.25, 0.3) is 0 Å². The fraction of sp³-hybridized carbons (Fsp3) is 0.333. The first-order valence-corrected chi connectivity index (χ1v) is 4.52. The van der Waals surface area contributed by atoms with Gasteiger partial charge in [-0.3, -0.25) is 10.1 Å². The van der Waals surface area contributed by atoms with Gasteiger partial charge in [-0.1, -0.05) is 0 Å². The minimum Gasteiger partial charge on any atom is -0.481 e. The van der Waals surface area contributed by atoms with E-state index < -0.39 is 40.1 Å². The van der Waals surface area contributed by atoms with E-state index in [1.165, 1.54) is 0 Å². The molecular weight excluding hydrogens is 254 g/mol. The molecule has 0 N–H and O–H groups in total. The minimum atomic E-state index is -3.02. The standard InChI is InChI=1S/C9H8F2N2O5/c1-17-8-4(7(10)11)3-5(13(15)16)6(12-8)9(14)18-2/h3,7H,1-2H3. The number of alkyl halides is 2. The molecular formula is C9H8F2N2O5. The summed E-state index contributed by atoms with van der Waals surface area (Å²) >= 11 is 0. The fourth-order valence-electron chi connectivity index (χ4n) is 1.21. The van der Waals surface area contributed by atoms with Crippen molar-refractivity contribution >= 4 is 11.7 Å². The topological polar surface area (TPSA) is 91.6 Å². The maximum absolute atomic E-state index is 12.6. The first-order chi connectivity index (χ1) is 8.42. The number of hydrogen-bond donors (Lipinski definition) is 0. The molecule has 0 atom stereocenters. The molecule has 0 bridgehead atoms. The predicted molar refractivity (Wildman–Crippen MR) is 53.7 cm³/mol. The lowest BCUT2D eigenvalue weighted by Gasteiger charge is -2.08.